The highest BCUT2D eigenvalue weighted by atomic mass is 16.6. The molecular formula is C26H25N3O6. The topological polar surface area (TPSA) is 117 Å². The third-order valence-electron chi connectivity index (χ3n) is 6.58. The summed E-state index contributed by atoms with van der Waals surface area (Å²) in [5.41, 5.74) is 1.40. The van der Waals surface area contributed by atoms with E-state index in [1.165, 1.54) is 0 Å². The van der Waals surface area contributed by atoms with Gasteiger partial charge in [-0.3, -0.25) is 14.4 Å². The number of pyridine rings is 2. The zero-order chi connectivity index (χ0) is 24.7. The van der Waals surface area contributed by atoms with Crippen LogP contribution in [0.3, 0.4) is 0 Å². The van der Waals surface area contributed by atoms with E-state index in [4.69, 9.17) is 14.5 Å². The first-order chi connectivity index (χ1) is 16.9. The zero-order valence-electron chi connectivity index (χ0n) is 19.6. The van der Waals surface area contributed by atoms with Gasteiger partial charge in [0.1, 0.15) is 13.2 Å². The molecule has 1 aromatic carbocycles. The van der Waals surface area contributed by atoms with Crippen LogP contribution >= 0.6 is 0 Å². The fourth-order valence-corrected chi connectivity index (χ4v) is 4.80. The molecule has 0 fully saturated rings. The summed E-state index contributed by atoms with van der Waals surface area (Å²) >= 11 is 0. The number of nitrogens with zero attached hydrogens (tertiary/aromatic N) is 2. The van der Waals surface area contributed by atoms with Gasteiger partial charge in [0, 0.05) is 22.9 Å². The average Bonchev–Trinajstić information content (AvgIpc) is 3.21. The number of amides is 1. The van der Waals surface area contributed by atoms with Crippen molar-refractivity contribution in [3.63, 3.8) is 0 Å². The molecule has 1 atom stereocenters. The highest BCUT2D eigenvalue weighted by Crippen LogP contribution is 2.40. The lowest BCUT2D eigenvalue weighted by molar-refractivity contribution is -0.189. The SMILES string of the molecule is CCCC(=O)NCC(=O)O[C@]1(CC)C(=O)OCc2c1cc1n(c2=O)Cc2cc3ccccc3nc2-1. The molecule has 9 nitrogen and oxygen atoms in total. The van der Waals surface area contributed by atoms with Crippen LogP contribution in [0.25, 0.3) is 22.3 Å². The molecule has 0 saturated carbocycles. The predicted molar refractivity (Wildman–Crippen MR) is 126 cm³/mol. The van der Waals surface area contributed by atoms with E-state index in [0.717, 1.165) is 16.5 Å². The van der Waals surface area contributed by atoms with Gasteiger partial charge in [0.15, 0.2) is 0 Å². The normalized spacial score (nSPS) is 17.8. The largest absolute Gasteiger partial charge is 0.457 e. The molecule has 1 amide bonds. The van der Waals surface area contributed by atoms with E-state index in [0.29, 0.717) is 29.9 Å². The van der Waals surface area contributed by atoms with Crippen LogP contribution in [0.1, 0.15) is 49.8 Å². The molecule has 35 heavy (non-hydrogen) atoms. The summed E-state index contributed by atoms with van der Waals surface area (Å²) in [5.74, 6) is -1.81. The van der Waals surface area contributed by atoms with Crippen LogP contribution in [-0.2, 0) is 42.6 Å². The van der Waals surface area contributed by atoms with Crippen LogP contribution in [0.15, 0.2) is 41.2 Å². The van der Waals surface area contributed by atoms with Crippen molar-refractivity contribution in [2.24, 2.45) is 0 Å². The van der Waals surface area contributed by atoms with Gasteiger partial charge in [-0.15, -0.1) is 0 Å². The Hall–Kier alpha value is -4.01. The van der Waals surface area contributed by atoms with E-state index in [-0.39, 0.29) is 43.0 Å². The van der Waals surface area contributed by atoms with Crippen molar-refractivity contribution in [2.75, 3.05) is 6.54 Å². The lowest BCUT2D eigenvalue weighted by Gasteiger charge is -2.35. The summed E-state index contributed by atoms with van der Waals surface area (Å²) in [4.78, 5) is 55.7. The minimum atomic E-state index is -1.78. The first-order valence-electron chi connectivity index (χ1n) is 11.7. The second kappa shape index (κ2) is 8.65. The van der Waals surface area contributed by atoms with Crippen LogP contribution in [0.5, 0.6) is 0 Å². The van der Waals surface area contributed by atoms with E-state index < -0.39 is 17.5 Å². The number of hydrogen-bond acceptors (Lipinski definition) is 7. The molecule has 9 heteroatoms. The van der Waals surface area contributed by atoms with Crippen molar-refractivity contribution < 1.29 is 23.9 Å². The smallest absolute Gasteiger partial charge is 0.355 e. The molecule has 2 aromatic heterocycles. The number of cyclic esters (lactones) is 1. The summed E-state index contributed by atoms with van der Waals surface area (Å²) in [7, 11) is 0. The number of ether oxygens (including phenoxy) is 2. The lowest BCUT2D eigenvalue weighted by atomic mass is 9.85. The maximum Gasteiger partial charge on any atom is 0.355 e. The second-order valence-corrected chi connectivity index (χ2v) is 8.76. The Morgan fingerprint density at radius 1 is 1.20 bits per heavy atom. The summed E-state index contributed by atoms with van der Waals surface area (Å²) in [6, 6.07) is 11.4. The quantitative estimate of drug-likeness (QED) is 0.426. The Balaban J connectivity index is 1.58. The van der Waals surface area contributed by atoms with Gasteiger partial charge < -0.3 is 19.4 Å². The first-order valence-corrected chi connectivity index (χ1v) is 11.7. The molecule has 1 N–H and O–H groups in total. The van der Waals surface area contributed by atoms with Crippen molar-refractivity contribution in [3.8, 4) is 11.4 Å². The number of esters is 2. The maximum absolute atomic E-state index is 13.5. The molecule has 2 aliphatic heterocycles. The van der Waals surface area contributed by atoms with Gasteiger partial charge in [0.25, 0.3) is 5.56 Å². The van der Waals surface area contributed by atoms with Gasteiger partial charge in [-0.2, -0.15) is 0 Å². The Labute approximate surface area is 201 Å². The second-order valence-electron chi connectivity index (χ2n) is 8.76. The number of carbonyl (C=O) groups is 3. The molecule has 0 unspecified atom stereocenters. The van der Waals surface area contributed by atoms with Gasteiger partial charge in [-0.1, -0.05) is 32.0 Å². The third-order valence-corrected chi connectivity index (χ3v) is 6.58. The van der Waals surface area contributed by atoms with Gasteiger partial charge >= 0.3 is 11.9 Å². The minimum Gasteiger partial charge on any atom is -0.457 e. The first kappa shape index (κ1) is 22.8. The summed E-state index contributed by atoms with van der Waals surface area (Å²) in [5, 5.41) is 3.46. The summed E-state index contributed by atoms with van der Waals surface area (Å²) < 4.78 is 12.6. The summed E-state index contributed by atoms with van der Waals surface area (Å²) in [6.45, 7) is 3.30. The molecule has 0 aliphatic carbocycles. The molecule has 5 rings (SSSR count). The number of benzene rings is 1. The molecule has 4 heterocycles. The Bertz CT molecular complexity index is 1440. The van der Waals surface area contributed by atoms with E-state index in [2.05, 4.69) is 5.32 Å². The molecule has 0 bridgehead atoms. The van der Waals surface area contributed by atoms with Crippen molar-refractivity contribution in [1.29, 1.82) is 0 Å². The van der Waals surface area contributed by atoms with Crippen LogP contribution in [0.2, 0.25) is 0 Å². The average molecular weight is 476 g/mol. The predicted octanol–water partition coefficient (Wildman–Crippen LogP) is 2.55. The van der Waals surface area contributed by atoms with Gasteiger partial charge in [0.2, 0.25) is 11.5 Å². The minimum absolute atomic E-state index is 0.0639. The van der Waals surface area contributed by atoms with Crippen LogP contribution in [0, 0.1) is 0 Å². The Kier molecular flexibility index (Phi) is 5.62. The van der Waals surface area contributed by atoms with Crippen molar-refractivity contribution >= 4 is 28.7 Å². The number of carbonyl (C=O) groups excluding carboxylic acids is 3. The van der Waals surface area contributed by atoms with Crippen LogP contribution in [-0.4, -0.2) is 33.9 Å². The molecule has 0 radical (unpaired) electrons. The lowest BCUT2D eigenvalue weighted by Crippen LogP contribution is -2.48. The molecule has 180 valence electrons. The van der Waals surface area contributed by atoms with Gasteiger partial charge in [-0.05, 0) is 31.0 Å². The fourth-order valence-electron chi connectivity index (χ4n) is 4.80. The number of hydrogen-bond donors (Lipinski definition) is 1. The number of fused-ring (bicyclic) bond motifs is 5. The van der Waals surface area contributed by atoms with Gasteiger partial charge in [0.05, 0.1) is 29.0 Å². The number of para-hydroxylation sites is 1. The zero-order valence-corrected chi connectivity index (χ0v) is 19.6. The van der Waals surface area contributed by atoms with Gasteiger partial charge in [-0.25, -0.2) is 9.78 Å². The van der Waals surface area contributed by atoms with Crippen molar-refractivity contribution in [3.05, 3.63) is 63.4 Å². The molecule has 2 aliphatic rings. The standard InChI is InChI=1S/C26H25N3O6/c1-3-7-21(30)27-12-22(31)35-26(4-2)18-11-20-23-16(10-15-8-5-6-9-19(15)28-23)13-29(20)24(32)17(18)14-34-25(26)33/h5-6,8-11H,3-4,7,12-14H2,1-2H3,(H,27,30)/t26-/m0/s1. The number of rotatable bonds is 6. The maximum atomic E-state index is 13.5. The third kappa shape index (κ3) is 3.67. The van der Waals surface area contributed by atoms with E-state index >= 15 is 0 Å². The van der Waals surface area contributed by atoms with Crippen LogP contribution < -0.4 is 10.9 Å². The number of nitrogens with one attached hydrogen (secondary N) is 1. The molecular weight excluding hydrogens is 450 g/mol. The number of aromatic nitrogens is 2. The molecule has 0 saturated heterocycles. The van der Waals surface area contributed by atoms with Crippen molar-refractivity contribution in [1.82, 2.24) is 14.9 Å². The van der Waals surface area contributed by atoms with Crippen molar-refractivity contribution in [2.45, 2.75) is 51.9 Å². The highest BCUT2D eigenvalue weighted by Gasteiger charge is 2.50. The van der Waals surface area contributed by atoms with Crippen LogP contribution in [0.4, 0.5) is 0 Å². The fraction of sp³-hybridized carbons (Fsp3) is 0.346. The summed E-state index contributed by atoms with van der Waals surface area (Å²) in [6.07, 6.45) is 0.981. The van der Waals surface area contributed by atoms with E-state index in [9.17, 15) is 19.2 Å². The Morgan fingerprint density at radius 3 is 2.77 bits per heavy atom. The highest BCUT2D eigenvalue weighted by molar-refractivity contribution is 5.89. The monoisotopic (exact) mass is 475 g/mol. The molecule has 0 spiro atoms. The Morgan fingerprint density at radius 2 is 2.00 bits per heavy atom. The molecule has 3 aromatic rings. The van der Waals surface area contributed by atoms with E-state index in [1.54, 1.807) is 17.6 Å². The van der Waals surface area contributed by atoms with E-state index in [1.807, 2.05) is 37.3 Å².